The van der Waals surface area contributed by atoms with E-state index in [0.29, 0.717) is 23.4 Å². The predicted molar refractivity (Wildman–Crippen MR) is 51.3 cm³/mol. The highest BCUT2D eigenvalue weighted by Gasteiger charge is 2.06. The van der Waals surface area contributed by atoms with Crippen LogP contribution in [0.4, 0.5) is 4.39 Å². The molecule has 0 aliphatic rings. The zero-order valence-electron chi connectivity index (χ0n) is 7.83. The summed E-state index contributed by atoms with van der Waals surface area (Å²) >= 11 is 0. The van der Waals surface area contributed by atoms with Crippen LogP contribution < -0.4 is 0 Å². The van der Waals surface area contributed by atoms with Crippen LogP contribution in [0.25, 0.3) is 11.5 Å². The summed E-state index contributed by atoms with van der Waals surface area (Å²) in [5.41, 5.74) is 1.16. The first-order chi connectivity index (χ1) is 6.81. The molecule has 0 bridgehead atoms. The number of hydrogen-bond donors (Lipinski definition) is 0. The monoisotopic (exact) mass is 191 g/mol. The standard InChI is InChI=1S/C11H10FNO/c1-2-8-5-6-9(13-11(8)12)10-4-3-7-14-10/h3-7H,2H2,1H3. The van der Waals surface area contributed by atoms with Crippen LogP contribution in [0.1, 0.15) is 12.5 Å². The molecule has 0 aliphatic heterocycles. The average molecular weight is 191 g/mol. The summed E-state index contributed by atoms with van der Waals surface area (Å²) in [6, 6.07) is 7.01. The summed E-state index contributed by atoms with van der Waals surface area (Å²) in [6.45, 7) is 1.90. The van der Waals surface area contributed by atoms with Crippen LogP contribution in [0.15, 0.2) is 34.9 Å². The van der Waals surface area contributed by atoms with Gasteiger partial charge in [-0.3, -0.25) is 0 Å². The second-order valence-electron chi connectivity index (χ2n) is 2.98. The van der Waals surface area contributed by atoms with Crippen LogP contribution >= 0.6 is 0 Å². The van der Waals surface area contributed by atoms with Crippen molar-refractivity contribution in [1.82, 2.24) is 4.98 Å². The van der Waals surface area contributed by atoms with Crippen molar-refractivity contribution in [3.8, 4) is 11.5 Å². The molecule has 2 nitrogen and oxygen atoms in total. The highest BCUT2D eigenvalue weighted by atomic mass is 19.1. The third kappa shape index (κ3) is 1.53. The molecule has 2 aromatic heterocycles. The van der Waals surface area contributed by atoms with E-state index in [1.165, 1.54) is 0 Å². The van der Waals surface area contributed by atoms with Gasteiger partial charge in [0, 0.05) is 5.56 Å². The van der Waals surface area contributed by atoms with Crippen molar-refractivity contribution in [1.29, 1.82) is 0 Å². The summed E-state index contributed by atoms with van der Waals surface area (Å²) in [7, 11) is 0. The SMILES string of the molecule is CCc1ccc(-c2ccco2)nc1F. The fourth-order valence-electron chi connectivity index (χ4n) is 1.29. The van der Waals surface area contributed by atoms with Gasteiger partial charge in [-0.15, -0.1) is 0 Å². The molecule has 2 aromatic rings. The molecule has 3 heteroatoms. The minimum absolute atomic E-state index is 0.415. The Hall–Kier alpha value is -1.64. The van der Waals surface area contributed by atoms with Crippen LogP contribution in [0.2, 0.25) is 0 Å². The number of halogens is 1. The van der Waals surface area contributed by atoms with Gasteiger partial charge < -0.3 is 4.42 Å². The molecule has 0 saturated heterocycles. The molecule has 14 heavy (non-hydrogen) atoms. The fourth-order valence-corrected chi connectivity index (χ4v) is 1.29. The summed E-state index contributed by atoms with van der Waals surface area (Å²) in [5, 5.41) is 0. The van der Waals surface area contributed by atoms with Crippen molar-refractivity contribution in [3.63, 3.8) is 0 Å². The van der Waals surface area contributed by atoms with E-state index in [1.807, 2.05) is 6.92 Å². The van der Waals surface area contributed by atoms with Crippen molar-refractivity contribution in [2.24, 2.45) is 0 Å². The molecule has 72 valence electrons. The zero-order chi connectivity index (χ0) is 9.97. The number of rotatable bonds is 2. The van der Waals surface area contributed by atoms with Crippen LogP contribution in [-0.2, 0) is 6.42 Å². The van der Waals surface area contributed by atoms with Crippen LogP contribution in [0.3, 0.4) is 0 Å². The minimum atomic E-state index is -0.415. The van der Waals surface area contributed by atoms with Crippen LogP contribution in [-0.4, -0.2) is 4.98 Å². The lowest BCUT2D eigenvalue weighted by Crippen LogP contribution is -1.93. The maximum Gasteiger partial charge on any atom is 0.216 e. The second-order valence-corrected chi connectivity index (χ2v) is 2.98. The maximum atomic E-state index is 13.3. The minimum Gasteiger partial charge on any atom is -0.463 e. The number of furan rings is 1. The number of hydrogen-bond acceptors (Lipinski definition) is 2. The molecule has 0 fully saturated rings. The number of aryl methyl sites for hydroxylation is 1. The van der Waals surface area contributed by atoms with Gasteiger partial charge in [-0.2, -0.15) is 4.39 Å². The predicted octanol–water partition coefficient (Wildman–Crippen LogP) is 3.04. The highest BCUT2D eigenvalue weighted by Crippen LogP contribution is 2.18. The topological polar surface area (TPSA) is 26.0 Å². The molecule has 0 unspecified atom stereocenters. The Morgan fingerprint density at radius 3 is 2.79 bits per heavy atom. The quantitative estimate of drug-likeness (QED) is 0.682. The molecule has 2 rings (SSSR count). The fraction of sp³-hybridized carbons (Fsp3) is 0.182. The molecule has 0 radical (unpaired) electrons. The van der Waals surface area contributed by atoms with E-state index in [2.05, 4.69) is 4.98 Å². The van der Waals surface area contributed by atoms with E-state index in [-0.39, 0.29) is 0 Å². The lowest BCUT2D eigenvalue weighted by molar-refractivity contribution is 0.555. The van der Waals surface area contributed by atoms with Crippen molar-refractivity contribution in [2.75, 3.05) is 0 Å². The van der Waals surface area contributed by atoms with E-state index in [1.54, 1.807) is 30.5 Å². The Morgan fingerprint density at radius 2 is 2.21 bits per heavy atom. The molecule has 2 heterocycles. The highest BCUT2D eigenvalue weighted by molar-refractivity contribution is 5.51. The third-order valence-corrected chi connectivity index (χ3v) is 2.08. The average Bonchev–Trinajstić information content (AvgIpc) is 2.70. The van der Waals surface area contributed by atoms with Gasteiger partial charge in [0.2, 0.25) is 5.95 Å². The van der Waals surface area contributed by atoms with Gasteiger partial charge in [-0.1, -0.05) is 13.0 Å². The summed E-state index contributed by atoms with van der Waals surface area (Å²) < 4.78 is 18.4. The summed E-state index contributed by atoms with van der Waals surface area (Å²) in [5.74, 6) is 0.174. The van der Waals surface area contributed by atoms with Gasteiger partial charge in [-0.25, -0.2) is 4.98 Å². The Kier molecular flexibility index (Phi) is 2.31. The molecule has 0 aliphatic carbocycles. The lowest BCUT2D eigenvalue weighted by Gasteiger charge is -2.00. The van der Waals surface area contributed by atoms with E-state index >= 15 is 0 Å². The molecule has 0 N–H and O–H groups in total. The second kappa shape index (κ2) is 3.62. The van der Waals surface area contributed by atoms with Crippen molar-refractivity contribution in [3.05, 3.63) is 42.0 Å². The van der Waals surface area contributed by atoms with Crippen molar-refractivity contribution < 1.29 is 8.81 Å². The first-order valence-electron chi connectivity index (χ1n) is 4.50. The number of pyridine rings is 1. The Balaban J connectivity index is 2.43. The largest absolute Gasteiger partial charge is 0.463 e. The first-order valence-corrected chi connectivity index (χ1v) is 4.50. The van der Waals surface area contributed by atoms with E-state index in [4.69, 9.17) is 4.42 Å². The smallest absolute Gasteiger partial charge is 0.216 e. The Bertz CT molecular complexity index is 423. The molecular formula is C11H10FNO. The van der Waals surface area contributed by atoms with E-state index < -0.39 is 5.95 Å². The Labute approximate surface area is 81.4 Å². The van der Waals surface area contributed by atoms with Gasteiger partial charge in [0.25, 0.3) is 0 Å². The van der Waals surface area contributed by atoms with E-state index in [0.717, 1.165) is 0 Å². The summed E-state index contributed by atoms with van der Waals surface area (Å²) in [4.78, 5) is 3.83. The normalized spacial score (nSPS) is 10.4. The third-order valence-electron chi connectivity index (χ3n) is 2.08. The molecule has 0 saturated carbocycles. The van der Waals surface area contributed by atoms with Crippen molar-refractivity contribution in [2.45, 2.75) is 13.3 Å². The Morgan fingerprint density at radius 1 is 1.36 bits per heavy atom. The maximum absolute atomic E-state index is 13.3. The molecule has 0 atom stereocenters. The lowest BCUT2D eigenvalue weighted by atomic mass is 10.2. The zero-order valence-corrected chi connectivity index (χ0v) is 7.83. The van der Waals surface area contributed by atoms with Crippen LogP contribution in [0, 0.1) is 5.95 Å². The first kappa shape index (κ1) is 8.94. The molecular weight excluding hydrogens is 181 g/mol. The van der Waals surface area contributed by atoms with Gasteiger partial charge in [0.1, 0.15) is 5.69 Å². The number of nitrogens with zero attached hydrogens (tertiary/aromatic N) is 1. The van der Waals surface area contributed by atoms with Crippen LogP contribution in [0.5, 0.6) is 0 Å². The van der Waals surface area contributed by atoms with Gasteiger partial charge in [0.05, 0.1) is 6.26 Å². The molecule has 0 aromatic carbocycles. The van der Waals surface area contributed by atoms with E-state index in [9.17, 15) is 4.39 Å². The van der Waals surface area contributed by atoms with Crippen molar-refractivity contribution >= 4 is 0 Å². The molecule has 0 spiro atoms. The molecule has 0 amide bonds. The van der Waals surface area contributed by atoms with Gasteiger partial charge in [0.15, 0.2) is 5.76 Å². The van der Waals surface area contributed by atoms with Gasteiger partial charge in [-0.05, 0) is 24.6 Å². The number of aromatic nitrogens is 1. The van der Waals surface area contributed by atoms with Gasteiger partial charge >= 0.3 is 0 Å². The summed E-state index contributed by atoms with van der Waals surface area (Å²) in [6.07, 6.45) is 2.19.